The highest BCUT2D eigenvalue weighted by Gasteiger charge is 2.51. The maximum atomic E-state index is 11.9. The molecule has 1 amide bonds. The van der Waals surface area contributed by atoms with Crippen molar-refractivity contribution in [2.75, 3.05) is 32.1 Å². The molecule has 0 saturated carbocycles. The average molecular weight is 422 g/mol. The monoisotopic (exact) mass is 421 g/mol. The molecule has 0 spiro atoms. The van der Waals surface area contributed by atoms with Crippen molar-refractivity contribution in [2.24, 2.45) is 5.73 Å². The molecular weight excluding hydrogens is 402 g/mol. The Morgan fingerprint density at radius 1 is 1.50 bits per heavy atom. The van der Waals surface area contributed by atoms with Crippen LogP contribution in [0.15, 0.2) is 16.4 Å². The molecule has 0 bridgehead atoms. The zero-order valence-corrected chi connectivity index (χ0v) is 16.7. The van der Waals surface area contributed by atoms with Crippen molar-refractivity contribution in [3.8, 4) is 0 Å². The number of thioether (sulfide) groups is 2. The minimum atomic E-state index is -1.10. The molecule has 1 fully saturated rings. The van der Waals surface area contributed by atoms with Gasteiger partial charge in [0, 0.05) is 18.1 Å². The predicted molar refractivity (Wildman–Crippen MR) is 100 cm³/mol. The van der Waals surface area contributed by atoms with Crippen LogP contribution in [-0.4, -0.2) is 90.6 Å². The van der Waals surface area contributed by atoms with Gasteiger partial charge in [0.25, 0.3) is 0 Å². The zero-order chi connectivity index (χ0) is 18.1. The molecule has 2 atom stereocenters. The fraction of sp³-hybridized carbons (Fsp3) is 0.615. The van der Waals surface area contributed by atoms with E-state index in [4.69, 9.17) is 5.73 Å². The van der Waals surface area contributed by atoms with Gasteiger partial charge >= 0.3 is 5.97 Å². The SMILES string of the molecule is CN(C)CCn1nnnc1SCC1=C(C(=O)O)N2C(=O)C(N)[C@@H]2SC1.Cl. The van der Waals surface area contributed by atoms with Gasteiger partial charge in [0.1, 0.15) is 17.1 Å². The Balaban J connectivity index is 0.00000243. The zero-order valence-electron chi connectivity index (χ0n) is 14.2. The quantitative estimate of drug-likeness (QED) is 0.431. The summed E-state index contributed by atoms with van der Waals surface area (Å²) in [5.41, 5.74) is 6.48. The number of fused-ring (bicyclic) bond motifs is 1. The number of carboxylic acids is 1. The van der Waals surface area contributed by atoms with Crippen LogP contribution in [0.1, 0.15) is 0 Å². The number of aliphatic carboxylic acids is 1. The van der Waals surface area contributed by atoms with E-state index in [1.807, 2.05) is 19.0 Å². The topological polar surface area (TPSA) is 130 Å². The summed E-state index contributed by atoms with van der Waals surface area (Å²) in [4.78, 5) is 26.9. The molecule has 0 aromatic carbocycles. The Kier molecular flexibility index (Phi) is 6.91. The molecule has 1 saturated heterocycles. The minimum absolute atomic E-state index is 0. The first-order valence-corrected chi connectivity index (χ1v) is 9.63. The number of nitrogens with zero attached hydrogens (tertiary/aromatic N) is 6. The lowest BCUT2D eigenvalue weighted by atomic mass is 10.0. The second kappa shape index (κ2) is 8.57. The molecule has 0 radical (unpaired) electrons. The number of aromatic nitrogens is 4. The van der Waals surface area contributed by atoms with Gasteiger partial charge in [-0.2, -0.15) is 0 Å². The smallest absolute Gasteiger partial charge is 0.352 e. The summed E-state index contributed by atoms with van der Waals surface area (Å²) in [6.45, 7) is 1.43. The highest BCUT2D eigenvalue weighted by molar-refractivity contribution is 8.01. The van der Waals surface area contributed by atoms with Gasteiger partial charge in [0.05, 0.1) is 6.54 Å². The summed E-state index contributed by atoms with van der Waals surface area (Å²) in [5.74, 6) is -0.514. The molecule has 10 nitrogen and oxygen atoms in total. The number of β-lactam (4-membered cyclic amide) rings is 1. The number of nitrogens with two attached hydrogens (primary N) is 1. The van der Waals surface area contributed by atoms with Crippen LogP contribution in [0.2, 0.25) is 0 Å². The fourth-order valence-electron chi connectivity index (χ4n) is 2.58. The molecule has 2 aliphatic rings. The summed E-state index contributed by atoms with van der Waals surface area (Å²) >= 11 is 2.86. The molecule has 0 aliphatic carbocycles. The van der Waals surface area contributed by atoms with Crippen LogP contribution in [-0.2, 0) is 16.1 Å². The van der Waals surface area contributed by atoms with Gasteiger partial charge in [0.15, 0.2) is 0 Å². The maximum Gasteiger partial charge on any atom is 0.352 e. The Hall–Kier alpha value is -1.34. The first-order chi connectivity index (χ1) is 11.9. The molecule has 3 rings (SSSR count). The fourth-order valence-corrected chi connectivity index (χ4v) is 4.91. The van der Waals surface area contributed by atoms with E-state index in [1.54, 1.807) is 4.68 Å². The van der Waals surface area contributed by atoms with Gasteiger partial charge in [0.2, 0.25) is 11.1 Å². The number of carbonyl (C=O) groups is 2. The van der Waals surface area contributed by atoms with Gasteiger partial charge in [-0.15, -0.1) is 29.3 Å². The van der Waals surface area contributed by atoms with Crippen LogP contribution in [0.5, 0.6) is 0 Å². The highest BCUT2D eigenvalue weighted by atomic mass is 35.5. The summed E-state index contributed by atoms with van der Waals surface area (Å²) < 4.78 is 1.69. The third-order valence-corrected chi connectivity index (χ3v) is 6.33. The van der Waals surface area contributed by atoms with Crippen molar-refractivity contribution in [3.05, 3.63) is 11.3 Å². The van der Waals surface area contributed by atoms with Crippen molar-refractivity contribution < 1.29 is 14.7 Å². The van der Waals surface area contributed by atoms with Crippen LogP contribution < -0.4 is 5.73 Å². The van der Waals surface area contributed by atoms with Gasteiger partial charge in [-0.05, 0) is 30.1 Å². The number of tetrazole rings is 1. The van der Waals surface area contributed by atoms with Crippen LogP contribution in [0, 0.1) is 0 Å². The molecule has 2 aliphatic heterocycles. The number of hydrogen-bond acceptors (Lipinski definition) is 9. The minimum Gasteiger partial charge on any atom is -0.477 e. The van der Waals surface area contributed by atoms with Crippen LogP contribution in [0.3, 0.4) is 0 Å². The summed E-state index contributed by atoms with van der Waals surface area (Å²) in [6.07, 6.45) is 0. The van der Waals surface area contributed by atoms with Crippen molar-refractivity contribution >= 4 is 47.8 Å². The Morgan fingerprint density at radius 3 is 2.88 bits per heavy atom. The number of carbonyl (C=O) groups excluding carboxylic acids is 1. The number of carboxylic acid groups (broad SMARTS) is 1. The Bertz CT molecular complexity index is 726. The van der Waals surface area contributed by atoms with Crippen molar-refractivity contribution in [1.82, 2.24) is 30.0 Å². The number of halogens is 1. The van der Waals surface area contributed by atoms with E-state index in [2.05, 4.69) is 15.5 Å². The standard InChI is InChI=1S/C13H19N7O3S2.ClH/c1-18(2)3-4-19-13(15-16-17-19)25-6-7-5-24-11-8(14)10(21)20(11)9(7)12(22)23;/h8,11H,3-6,14H2,1-2H3,(H,22,23);1H/t8?,11-;/m0./s1. The lowest BCUT2D eigenvalue weighted by molar-refractivity contribution is -0.147. The number of likely N-dealkylation sites (N-methyl/N-ethyl adjacent to an activating group) is 1. The van der Waals surface area contributed by atoms with E-state index in [9.17, 15) is 14.7 Å². The largest absolute Gasteiger partial charge is 0.477 e. The molecule has 3 N–H and O–H groups in total. The van der Waals surface area contributed by atoms with Crippen LogP contribution >= 0.6 is 35.9 Å². The van der Waals surface area contributed by atoms with E-state index >= 15 is 0 Å². The normalized spacial score (nSPS) is 22.2. The Labute approximate surface area is 164 Å². The van der Waals surface area contributed by atoms with Crippen LogP contribution in [0.4, 0.5) is 0 Å². The van der Waals surface area contributed by atoms with E-state index in [0.717, 1.165) is 6.54 Å². The van der Waals surface area contributed by atoms with Crippen molar-refractivity contribution in [1.29, 1.82) is 0 Å². The average Bonchev–Trinajstić information content (AvgIpc) is 3.03. The van der Waals surface area contributed by atoms with Gasteiger partial charge in [-0.25, -0.2) is 9.48 Å². The first-order valence-electron chi connectivity index (χ1n) is 7.59. The molecule has 3 heterocycles. The van der Waals surface area contributed by atoms with E-state index in [1.165, 1.54) is 28.4 Å². The maximum absolute atomic E-state index is 11.9. The number of amides is 1. The predicted octanol–water partition coefficient (Wildman–Crippen LogP) is -0.670. The van der Waals surface area contributed by atoms with E-state index in [0.29, 0.717) is 28.8 Å². The Morgan fingerprint density at radius 2 is 2.23 bits per heavy atom. The molecule has 26 heavy (non-hydrogen) atoms. The second-order valence-electron chi connectivity index (χ2n) is 5.97. The third-order valence-electron chi connectivity index (χ3n) is 3.92. The summed E-state index contributed by atoms with van der Waals surface area (Å²) in [7, 11) is 3.93. The van der Waals surface area contributed by atoms with Gasteiger partial charge in [-0.1, -0.05) is 11.8 Å². The third kappa shape index (κ3) is 3.98. The van der Waals surface area contributed by atoms with Gasteiger partial charge < -0.3 is 15.7 Å². The summed E-state index contributed by atoms with van der Waals surface area (Å²) in [5, 5.41) is 21.5. The van der Waals surface area contributed by atoms with Crippen molar-refractivity contribution in [3.63, 3.8) is 0 Å². The molecule has 1 aromatic rings. The molecule has 13 heteroatoms. The number of hydrogen-bond donors (Lipinski definition) is 2. The van der Waals surface area contributed by atoms with Crippen LogP contribution in [0.25, 0.3) is 0 Å². The van der Waals surface area contributed by atoms with Gasteiger partial charge in [-0.3, -0.25) is 9.69 Å². The molecule has 1 aromatic heterocycles. The first kappa shape index (κ1) is 21.0. The molecule has 1 unspecified atom stereocenters. The number of rotatable bonds is 7. The van der Waals surface area contributed by atoms with E-state index in [-0.39, 0.29) is 29.4 Å². The summed E-state index contributed by atoms with van der Waals surface area (Å²) in [6, 6.07) is -0.619. The lowest BCUT2D eigenvalue weighted by Gasteiger charge is -2.48. The molecular formula is C13H20ClN7O3S2. The molecule has 144 valence electrons. The van der Waals surface area contributed by atoms with Crippen molar-refractivity contribution in [2.45, 2.75) is 23.1 Å². The second-order valence-corrected chi connectivity index (χ2v) is 8.02. The van der Waals surface area contributed by atoms with E-state index < -0.39 is 12.0 Å². The lowest BCUT2D eigenvalue weighted by Crippen LogP contribution is -2.68. The highest BCUT2D eigenvalue weighted by Crippen LogP contribution is 2.40.